The Bertz CT molecular complexity index is 1240. The van der Waals surface area contributed by atoms with Crippen molar-refractivity contribution >= 4 is 24.8 Å². The SMILES string of the molecule is CC(C)N(CCO[Si](c1ccccc1)(c1ccccc1)C(C)(C)C)C(=O)O[C@]1(C(C)(C)O)CCc2ccccc21. The molecule has 0 fully saturated rings. The number of aryl methyl sites for hydroxylation is 1. The van der Waals surface area contributed by atoms with E-state index in [-0.39, 0.29) is 11.1 Å². The van der Waals surface area contributed by atoms with Crippen molar-refractivity contribution in [1.82, 2.24) is 4.90 Å². The summed E-state index contributed by atoms with van der Waals surface area (Å²) < 4.78 is 13.4. The lowest BCUT2D eigenvalue weighted by Crippen LogP contribution is -2.67. The number of fused-ring (bicyclic) bond motifs is 1. The zero-order valence-electron chi connectivity index (χ0n) is 25.1. The molecule has 0 unspecified atom stereocenters. The van der Waals surface area contributed by atoms with Gasteiger partial charge in [0.2, 0.25) is 0 Å². The molecule has 0 radical (unpaired) electrons. The van der Waals surface area contributed by atoms with E-state index in [2.05, 4.69) is 75.4 Å². The standard InChI is InChI=1S/C34H45NO4Si/c1-26(2)35(31(36)39-34(33(6,7)37)23-22-27-16-14-15-21-30(27)34)24-25-38-40(32(3,4)5,28-17-10-8-11-18-28)29-19-12-9-13-20-29/h8-21,26,37H,22-25H2,1-7H3/t34-/m1/s1. The Hall–Kier alpha value is -2.93. The average Bonchev–Trinajstić information content (AvgIpc) is 3.28. The highest BCUT2D eigenvalue weighted by Crippen LogP contribution is 2.47. The molecule has 1 N–H and O–H groups in total. The van der Waals surface area contributed by atoms with Gasteiger partial charge in [-0.05, 0) is 61.5 Å². The maximum absolute atomic E-state index is 13.8. The predicted octanol–water partition coefficient (Wildman–Crippen LogP) is 6.02. The predicted molar refractivity (Wildman–Crippen MR) is 165 cm³/mol. The van der Waals surface area contributed by atoms with E-state index in [1.165, 1.54) is 10.4 Å². The summed E-state index contributed by atoms with van der Waals surface area (Å²) in [5, 5.41) is 13.5. The molecule has 214 valence electrons. The van der Waals surface area contributed by atoms with Crippen LogP contribution in [0.25, 0.3) is 0 Å². The van der Waals surface area contributed by atoms with Crippen LogP contribution < -0.4 is 10.4 Å². The van der Waals surface area contributed by atoms with E-state index in [4.69, 9.17) is 9.16 Å². The van der Waals surface area contributed by atoms with E-state index in [0.717, 1.165) is 17.5 Å². The molecular formula is C34H45NO4Si. The third-order valence-electron chi connectivity index (χ3n) is 8.37. The van der Waals surface area contributed by atoms with Crippen LogP contribution in [0.1, 0.15) is 66.0 Å². The van der Waals surface area contributed by atoms with Crippen LogP contribution in [-0.2, 0) is 21.2 Å². The molecule has 1 amide bonds. The van der Waals surface area contributed by atoms with Crippen LogP contribution in [0.2, 0.25) is 5.04 Å². The summed E-state index contributed by atoms with van der Waals surface area (Å²) in [4.78, 5) is 15.6. The minimum atomic E-state index is -2.73. The quantitative estimate of drug-likeness (QED) is 0.326. The van der Waals surface area contributed by atoms with Crippen LogP contribution in [0, 0.1) is 0 Å². The summed E-state index contributed by atoms with van der Waals surface area (Å²) in [6.45, 7) is 14.9. The van der Waals surface area contributed by atoms with E-state index in [9.17, 15) is 9.90 Å². The van der Waals surface area contributed by atoms with Crippen LogP contribution in [0.4, 0.5) is 4.79 Å². The second-order valence-electron chi connectivity index (χ2n) is 12.7. The topological polar surface area (TPSA) is 59.0 Å². The third kappa shape index (κ3) is 5.49. The number of rotatable bonds is 9. The van der Waals surface area contributed by atoms with Gasteiger partial charge in [-0.2, -0.15) is 0 Å². The van der Waals surface area contributed by atoms with Gasteiger partial charge in [-0.15, -0.1) is 0 Å². The van der Waals surface area contributed by atoms with E-state index < -0.39 is 25.6 Å². The molecular weight excluding hydrogens is 514 g/mol. The maximum Gasteiger partial charge on any atom is 0.411 e. The fourth-order valence-corrected chi connectivity index (χ4v) is 10.8. The molecule has 1 aliphatic rings. The number of amides is 1. The normalized spacial score (nSPS) is 17.5. The molecule has 0 aliphatic heterocycles. The van der Waals surface area contributed by atoms with Gasteiger partial charge < -0.3 is 19.2 Å². The molecule has 0 aromatic heterocycles. The molecule has 40 heavy (non-hydrogen) atoms. The number of hydrogen-bond donors (Lipinski definition) is 1. The van der Waals surface area contributed by atoms with Crippen LogP contribution in [-0.4, -0.2) is 49.2 Å². The number of hydrogen-bond acceptors (Lipinski definition) is 4. The summed E-state index contributed by atoms with van der Waals surface area (Å²) in [5.74, 6) is 0. The summed E-state index contributed by atoms with van der Waals surface area (Å²) >= 11 is 0. The molecule has 4 rings (SSSR count). The Balaban J connectivity index is 1.62. The molecule has 0 heterocycles. The lowest BCUT2D eigenvalue weighted by atomic mass is 9.80. The second-order valence-corrected chi connectivity index (χ2v) is 17.0. The molecule has 1 aliphatic carbocycles. The van der Waals surface area contributed by atoms with Crippen LogP contribution in [0.5, 0.6) is 0 Å². The van der Waals surface area contributed by atoms with Crippen molar-refractivity contribution in [1.29, 1.82) is 0 Å². The summed E-state index contributed by atoms with van der Waals surface area (Å²) in [7, 11) is -2.73. The molecule has 5 nitrogen and oxygen atoms in total. The second kappa shape index (κ2) is 11.5. The Morgan fingerprint density at radius 2 is 1.43 bits per heavy atom. The van der Waals surface area contributed by atoms with Crippen molar-refractivity contribution in [3.05, 3.63) is 96.1 Å². The first-order valence-corrected chi connectivity index (χ1v) is 16.3. The van der Waals surface area contributed by atoms with Gasteiger partial charge in [-0.1, -0.05) is 106 Å². The smallest absolute Gasteiger partial charge is 0.411 e. The maximum atomic E-state index is 13.8. The minimum Gasteiger partial charge on any atom is -0.435 e. The molecule has 0 saturated heterocycles. The highest BCUT2D eigenvalue weighted by molar-refractivity contribution is 6.99. The van der Waals surface area contributed by atoms with Crippen molar-refractivity contribution in [2.75, 3.05) is 13.2 Å². The lowest BCUT2D eigenvalue weighted by molar-refractivity contribution is -0.146. The number of nitrogens with zero attached hydrogens (tertiary/aromatic N) is 1. The summed E-state index contributed by atoms with van der Waals surface area (Å²) in [6, 6.07) is 28.9. The van der Waals surface area contributed by atoms with Gasteiger partial charge in [0.25, 0.3) is 8.32 Å². The van der Waals surface area contributed by atoms with Crippen LogP contribution >= 0.6 is 0 Å². The molecule has 0 saturated carbocycles. The first-order valence-electron chi connectivity index (χ1n) is 14.4. The van der Waals surface area contributed by atoms with Crippen molar-refractivity contribution in [2.24, 2.45) is 0 Å². The summed E-state index contributed by atoms with van der Waals surface area (Å²) in [6.07, 6.45) is 0.873. The van der Waals surface area contributed by atoms with Crippen molar-refractivity contribution < 1.29 is 19.1 Å². The van der Waals surface area contributed by atoms with E-state index >= 15 is 0 Å². The van der Waals surface area contributed by atoms with Crippen molar-refractivity contribution in [3.63, 3.8) is 0 Å². The number of benzene rings is 3. The van der Waals surface area contributed by atoms with Gasteiger partial charge >= 0.3 is 6.09 Å². The highest BCUT2D eigenvalue weighted by atomic mass is 28.4. The molecule has 3 aromatic carbocycles. The van der Waals surface area contributed by atoms with Gasteiger partial charge in [0.15, 0.2) is 5.60 Å². The van der Waals surface area contributed by atoms with Crippen molar-refractivity contribution in [2.45, 2.75) is 83.6 Å². The minimum absolute atomic E-state index is 0.106. The van der Waals surface area contributed by atoms with Gasteiger partial charge in [0.1, 0.15) is 5.60 Å². The van der Waals surface area contributed by atoms with Gasteiger partial charge in [0, 0.05) is 18.2 Å². The number of aliphatic hydroxyl groups is 1. The number of carbonyl (C=O) groups is 1. The molecule has 1 atom stereocenters. The Morgan fingerprint density at radius 3 is 1.93 bits per heavy atom. The Kier molecular flexibility index (Phi) is 8.64. The zero-order valence-corrected chi connectivity index (χ0v) is 26.1. The zero-order chi connectivity index (χ0) is 29.2. The number of carbonyl (C=O) groups excluding carboxylic acids is 1. The first-order chi connectivity index (χ1) is 18.8. The average molecular weight is 560 g/mol. The fourth-order valence-electron chi connectivity index (χ4n) is 6.27. The van der Waals surface area contributed by atoms with E-state index in [0.29, 0.717) is 19.6 Å². The largest absolute Gasteiger partial charge is 0.435 e. The van der Waals surface area contributed by atoms with E-state index in [1.54, 1.807) is 18.7 Å². The number of ether oxygens (including phenoxy) is 1. The lowest BCUT2D eigenvalue weighted by Gasteiger charge is -2.44. The Labute approximate surface area is 241 Å². The van der Waals surface area contributed by atoms with Gasteiger partial charge in [-0.3, -0.25) is 0 Å². The van der Waals surface area contributed by atoms with Gasteiger partial charge in [0.05, 0.1) is 6.61 Å². The van der Waals surface area contributed by atoms with Crippen LogP contribution in [0.3, 0.4) is 0 Å². The van der Waals surface area contributed by atoms with Crippen molar-refractivity contribution in [3.8, 4) is 0 Å². The molecule has 6 heteroatoms. The third-order valence-corrected chi connectivity index (χ3v) is 13.4. The molecule has 3 aromatic rings. The fraction of sp³-hybridized carbons (Fsp3) is 0.441. The Morgan fingerprint density at radius 1 is 0.900 bits per heavy atom. The van der Waals surface area contributed by atoms with E-state index in [1.807, 2.05) is 44.2 Å². The highest BCUT2D eigenvalue weighted by Gasteiger charge is 2.54. The van der Waals surface area contributed by atoms with Crippen LogP contribution in [0.15, 0.2) is 84.9 Å². The monoisotopic (exact) mass is 559 g/mol. The molecule has 0 spiro atoms. The molecule has 0 bridgehead atoms. The first kappa shape index (κ1) is 30.0. The summed E-state index contributed by atoms with van der Waals surface area (Å²) in [5.41, 5.74) is -0.345. The van der Waals surface area contributed by atoms with Gasteiger partial charge in [-0.25, -0.2) is 4.79 Å².